The molecule has 0 bridgehead atoms. The second-order valence-corrected chi connectivity index (χ2v) is 7.19. The van der Waals surface area contributed by atoms with Gasteiger partial charge in [-0.25, -0.2) is 4.39 Å². The maximum Gasteiger partial charge on any atom is 0.325 e. The highest BCUT2D eigenvalue weighted by Gasteiger charge is 2.36. The fourth-order valence-electron chi connectivity index (χ4n) is 3.01. The SMILES string of the molecule is COC(=O)CN1C(=O)S/C(=C/c2cc(F)c(N3CCCC3)cc2C)C1=O. The second kappa shape index (κ2) is 7.49. The summed E-state index contributed by atoms with van der Waals surface area (Å²) < 4.78 is 19.0. The van der Waals surface area contributed by atoms with E-state index in [1.54, 1.807) is 6.07 Å². The van der Waals surface area contributed by atoms with E-state index < -0.39 is 23.7 Å². The van der Waals surface area contributed by atoms with Crippen molar-refractivity contribution in [2.75, 3.05) is 31.6 Å². The molecule has 0 aliphatic carbocycles. The van der Waals surface area contributed by atoms with E-state index >= 15 is 0 Å². The number of rotatable bonds is 4. The largest absolute Gasteiger partial charge is 0.468 e. The van der Waals surface area contributed by atoms with Gasteiger partial charge < -0.3 is 9.64 Å². The fraction of sp³-hybridized carbons (Fsp3) is 0.389. The van der Waals surface area contributed by atoms with Crippen LogP contribution in [0.2, 0.25) is 0 Å². The molecule has 138 valence electrons. The number of methoxy groups -OCH3 is 1. The Labute approximate surface area is 155 Å². The lowest BCUT2D eigenvalue weighted by atomic mass is 10.1. The number of halogens is 1. The summed E-state index contributed by atoms with van der Waals surface area (Å²) in [6.07, 6.45) is 3.59. The van der Waals surface area contributed by atoms with Crippen molar-refractivity contribution in [1.82, 2.24) is 4.90 Å². The molecule has 2 saturated heterocycles. The molecule has 0 radical (unpaired) electrons. The third-order valence-corrected chi connectivity index (χ3v) is 5.36. The molecule has 3 rings (SSSR count). The third-order valence-electron chi connectivity index (χ3n) is 4.46. The first-order valence-corrected chi connectivity index (χ1v) is 9.09. The predicted octanol–water partition coefficient (Wildman–Crippen LogP) is 2.94. The van der Waals surface area contributed by atoms with Crippen LogP contribution in [-0.4, -0.2) is 48.8 Å². The van der Waals surface area contributed by atoms with Gasteiger partial charge in [-0.3, -0.25) is 19.3 Å². The lowest BCUT2D eigenvalue weighted by Crippen LogP contribution is -2.34. The van der Waals surface area contributed by atoms with Crippen molar-refractivity contribution in [3.63, 3.8) is 0 Å². The first kappa shape index (κ1) is 18.4. The Morgan fingerprint density at radius 2 is 2.00 bits per heavy atom. The molecule has 2 amide bonds. The van der Waals surface area contributed by atoms with Crippen molar-refractivity contribution in [2.45, 2.75) is 19.8 Å². The first-order valence-electron chi connectivity index (χ1n) is 8.28. The van der Waals surface area contributed by atoms with Crippen LogP contribution in [0.3, 0.4) is 0 Å². The van der Waals surface area contributed by atoms with Crippen LogP contribution in [0.5, 0.6) is 0 Å². The zero-order valence-electron chi connectivity index (χ0n) is 14.6. The number of benzene rings is 1. The quantitative estimate of drug-likeness (QED) is 0.593. The number of ether oxygens (including phenoxy) is 1. The minimum atomic E-state index is -0.675. The second-order valence-electron chi connectivity index (χ2n) is 6.20. The first-order chi connectivity index (χ1) is 12.4. The molecule has 0 spiro atoms. The molecule has 0 aromatic heterocycles. The van der Waals surface area contributed by atoms with Crippen molar-refractivity contribution in [2.24, 2.45) is 0 Å². The molecule has 0 atom stereocenters. The Kier molecular flexibility index (Phi) is 5.31. The van der Waals surface area contributed by atoms with E-state index in [0.29, 0.717) is 11.3 Å². The number of imide groups is 1. The summed E-state index contributed by atoms with van der Waals surface area (Å²) in [7, 11) is 1.19. The number of hydrogen-bond acceptors (Lipinski definition) is 6. The van der Waals surface area contributed by atoms with Crippen LogP contribution in [0.1, 0.15) is 24.0 Å². The minimum Gasteiger partial charge on any atom is -0.468 e. The molecule has 1 aromatic rings. The highest BCUT2D eigenvalue weighted by atomic mass is 32.2. The average Bonchev–Trinajstić information content (AvgIpc) is 3.22. The number of hydrogen-bond donors (Lipinski definition) is 0. The average molecular weight is 378 g/mol. The van der Waals surface area contributed by atoms with E-state index in [-0.39, 0.29) is 10.7 Å². The number of thioether (sulfide) groups is 1. The van der Waals surface area contributed by atoms with Crippen molar-refractivity contribution < 1.29 is 23.5 Å². The number of carbonyl (C=O) groups excluding carboxylic acids is 3. The molecule has 2 aliphatic rings. The van der Waals surface area contributed by atoms with Gasteiger partial charge in [0.15, 0.2) is 0 Å². The molecule has 26 heavy (non-hydrogen) atoms. The molecule has 2 aliphatic heterocycles. The summed E-state index contributed by atoms with van der Waals surface area (Å²) in [5, 5.41) is -0.543. The number of aryl methyl sites for hydroxylation is 1. The zero-order valence-corrected chi connectivity index (χ0v) is 15.4. The van der Waals surface area contributed by atoms with Gasteiger partial charge in [0.1, 0.15) is 12.4 Å². The van der Waals surface area contributed by atoms with Crippen LogP contribution >= 0.6 is 11.8 Å². The molecular formula is C18H19FN2O4S. The van der Waals surface area contributed by atoms with Crippen LogP contribution in [0.15, 0.2) is 17.0 Å². The summed E-state index contributed by atoms with van der Waals surface area (Å²) in [5.41, 5.74) is 1.91. The van der Waals surface area contributed by atoms with Crippen molar-refractivity contribution in [3.8, 4) is 0 Å². The summed E-state index contributed by atoms with van der Waals surface area (Å²) in [6.45, 7) is 3.08. The van der Waals surface area contributed by atoms with Crippen LogP contribution < -0.4 is 4.90 Å². The number of anilines is 1. The maximum absolute atomic E-state index is 14.5. The van der Waals surface area contributed by atoms with Gasteiger partial charge in [0.2, 0.25) is 0 Å². The fourth-order valence-corrected chi connectivity index (χ4v) is 3.84. The topological polar surface area (TPSA) is 66.9 Å². The maximum atomic E-state index is 14.5. The van der Waals surface area contributed by atoms with Gasteiger partial charge in [-0.1, -0.05) is 0 Å². The van der Waals surface area contributed by atoms with Gasteiger partial charge in [0.05, 0.1) is 17.7 Å². The lowest BCUT2D eigenvalue weighted by Gasteiger charge is -2.19. The minimum absolute atomic E-state index is 0.162. The molecule has 6 nitrogen and oxygen atoms in total. The standard InChI is InChI=1S/C18H19FN2O4S/c1-11-7-14(20-5-3-4-6-20)13(19)8-12(11)9-15-17(23)21(18(24)26-15)10-16(22)25-2/h7-9H,3-6,10H2,1-2H3/b15-9+. The third kappa shape index (κ3) is 3.60. The Morgan fingerprint density at radius 1 is 1.31 bits per heavy atom. The van der Waals surface area contributed by atoms with Crippen LogP contribution in [0.4, 0.5) is 14.9 Å². The van der Waals surface area contributed by atoms with Crippen LogP contribution in [-0.2, 0) is 14.3 Å². The van der Waals surface area contributed by atoms with E-state index in [4.69, 9.17) is 0 Å². The number of nitrogens with zero attached hydrogens (tertiary/aromatic N) is 2. The summed E-state index contributed by atoms with van der Waals surface area (Å²) in [6, 6.07) is 3.16. The molecule has 0 saturated carbocycles. The predicted molar refractivity (Wildman–Crippen MR) is 97.3 cm³/mol. The van der Waals surface area contributed by atoms with Gasteiger partial charge in [0, 0.05) is 13.1 Å². The Hall–Kier alpha value is -2.35. The molecule has 1 aromatic carbocycles. The number of esters is 1. The summed E-state index contributed by atoms with van der Waals surface area (Å²) in [5.74, 6) is -1.60. The molecule has 0 unspecified atom stereocenters. The van der Waals surface area contributed by atoms with E-state index in [1.165, 1.54) is 19.3 Å². The lowest BCUT2D eigenvalue weighted by molar-refractivity contribution is -0.143. The zero-order chi connectivity index (χ0) is 18.8. The molecule has 2 heterocycles. The van der Waals surface area contributed by atoms with Gasteiger partial charge in [0.25, 0.3) is 11.1 Å². The number of amides is 2. The Morgan fingerprint density at radius 3 is 2.65 bits per heavy atom. The highest BCUT2D eigenvalue weighted by Crippen LogP contribution is 2.34. The van der Waals surface area contributed by atoms with Gasteiger partial charge >= 0.3 is 5.97 Å². The molecule has 0 N–H and O–H groups in total. The number of carbonyl (C=O) groups is 3. The Bertz CT molecular complexity index is 803. The van der Waals surface area contributed by atoms with E-state index in [9.17, 15) is 18.8 Å². The monoisotopic (exact) mass is 378 g/mol. The highest BCUT2D eigenvalue weighted by molar-refractivity contribution is 8.18. The van der Waals surface area contributed by atoms with Gasteiger partial charge in [-0.05, 0) is 60.9 Å². The summed E-state index contributed by atoms with van der Waals surface area (Å²) in [4.78, 5) is 38.6. The normalized spacial score (nSPS) is 19.0. The smallest absolute Gasteiger partial charge is 0.325 e. The van der Waals surface area contributed by atoms with Gasteiger partial charge in [-0.15, -0.1) is 0 Å². The van der Waals surface area contributed by atoms with Crippen molar-refractivity contribution in [3.05, 3.63) is 34.0 Å². The van der Waals surface area contributed by atoms with E-state index in [0.717, 1.165) is 48.2 Å². The summed E-state index contributed by atoms with van der Waals surface area (Å²) >= 11 is 0.731. The van der Waals surface area contributed by atoms with Crippen molar-refractivity contribution >= 4 is 40.6 Å². The molecular weight excluding hydrogens is 359 g/mol. The Balaban J connectivity index is 1.85. The molecule has 8 heteroatoms. The van der Waals surface area contributed by atoms with Crippen LogP contribution in [0, 0.1) is 12.7 Å². The van der Waals surface area contributed by atoms with Crippen LogP contribution in [0.25, 0.3) is 6.08 Å². The van der Waals surface area contributed by atoms with Gasteiger partial charge in [-0.2, -0.15) is 0 Å². The van der Waals surface area contributed by atoms with Crippen molar-refractivity contribution in [1.29, 1.82) is 0 Å². The molecule has 2 fully saturated rings. The van der Waals surface area contributed by atoms with E-state index in [1.807, 2.05) is 11.8 Å². The van der Waals surface area contributed by atoms with E-state index in [2.05, 4.69) is 4.74 Å².